The van der Waals surface area contributed by atoms with E-state index in [0.29, 0.717) is 32.0 Å². The van der Waals surface area contributed by atoms with Crippen molar-refractivity contribution >= 4 is 58.0 Å². The highest BCUT2D eigenvalue weighted by molar-refractivity contribution is 6.37. The molecular formula is C17H9Cl3N2O3. The summed E-state index contributed by atoms with van der Waals surface area (Å²) in [5, 5.41) is 1.32. The lowest BCUT2D eigenvalue weighted by Crippen LogP contribution is -2.34. The van der Waals surface area contributed by atoms with Gasteiger partial charge < -0.3 is 0 Å². The normalized spacial score (nSPS) is 19.5. The Labute approximate surface area is 157 Å². The molecular weight excluding hydrogens is 387 g/mol. The van der Waals surface area contributed by atoms with Crippen LogP contribution in [0.4, 0.5) is 5.69 Å². The van der Waals surface area contributed by atoms with Crippen molar-refractivity contribution in [3.05, 3.63) is 68.7 Å². The van der Waals surface area contributed by atoms with Crippen LogP contribution in [0.15, 0.2) is 48.0 Å². The lowest BCUT2D eigenvalue weighted by molar-refractivity contribution is -0.127. The number of imide groups is 1. The molecule has 0 spiro atoms. The van der Waals surface area contributed by atoms with Gasteiger partial charge in [-0.3, -0.25) is 19.9 Å². The molecule has 8 heteroatoms. The van der Waals surface area contributed by atoms with Crippen molar-refractivity contribution < 1.29 is 14.4 Å². The van der Waals surface area contributed by atoms with E-state index >= 15 is 0 Å². The van der Waals surface area contributed by atoms with E-state index in [2.05, 4.69) is 5.48 Å². The minimum absolute atomic E-state index is 0.212. The summed E-state index contributed by atoms with van der Waals surface area (Å²) in [5.41, 5.74) is 4.17. The Morgan fingerprint density at radius 2 is 1.64 bits per heavy atom. The summed E-state index contributed by atoms with van der Waals surface area (Å²) in [6.45, 7) is 0. The quantitative estimate of drug-likeness (QED) is 0.785. The van der Waals surface area contributed by atoms with Crippen molar-refractivity contribution in [2.45, 2.75) is 6.10 Å². The average molecular weight is 396 g/mol. The van der Waals surface area contributed by atoms with Crippen LogP contribution in [0.25, 0.3) is 5.70 Å². The molecule has 25 heavy (non-hydrogen) atoms. The molecule has 1 atom stereocenters. The number of benzene rings is 2. The summed E-state index contributed by atoms with van der Waals surface area (Å²) in [4.78, 5) is 31.9. The molecule has 0 radical (unpaired) electrons. The first-order valence-electron chi connectivity index (χ1n) is 7.22. The van der Waals surface area contributed by atoms with Crippen LogP contribution >= 0.6 is 34.8 Å². The van der Waals surface area contributed by atoms with Crippen molar-refractivity contribution in [1.82, 2.24) is 5.48 Å². The largest absolute Gasteiger partial charge is 0.270 e. The summed E-state index contributed by atoms with van der Waals surface area (Å²) < 4.78 is 0. The molecule has 126 valence electrons. The Morgan fingerprint density at radius 3 is 2.32 bits per heavy atom. The van der Waals surface area contributed by atoms with Crippen LogP contribution in [0.3, 0.4) is 0 Å². The first kappa shape index (κ1) is 16.4. The maximum absolute atomic E-state index is 12.9. The van der Waals surface area contributed by atoms with E-state index in [1.807, 2.05) is 0 Å². The molecule has 2 amide bonds. The Hall–Kier alpha value is -2.05. The Balaban J connectivity index is 1.81. The number of carbonyl (C=O) groups is 2. The number of rotatable bonds is 2. The van der Waals surface area contributed by atoms with Gasteiger partial charge >= 0.3 is 0 Å². The number of halogens is 3. The third kappa shape index (κ3) is 2.60. The summed E-state index contributed by atoms with van der Waals surface area (Å²) in [7, 11) is 0. The van der Waals surface area contributed by atoms with Gasteiger partial charge in [0.25, 0.3) is 11.8 Å². The van der Waals surface area contributed by atoms with Crippen LogP contribution < -0.4 is 10.4 Å². The molecule has 2 aromatic carbocycles. The highest BCUT2D eigenvalue weighted by atomic mass is 35.5. The fourth-order valence-electron chi connectivity index (χ4n) is 2.82. The van der Waals surface area contributed by atoms with Crippen LogP contribution in [-0.2, 0) is 14.4 Å². The topological polar surface area (TPSA) is 58.6 Å². The minimum atomic E-state index is -1.02. The number of hydrogen-bond acceptors (Lipinski definition) is 4. The van der Waals surface area contributed by atoms with E-state index in [1.165, 1.54) is 0 Å². The molecule has 5 nitrogen and oxygen atoms in total. The fourth-order valence-corrected chi connectivity index (χ4v) is 3.45. The fraction of sp³-hybridized carbons (Fsp3) is 0.0588. The number of hydroxylamine groups is 1. The molecule has 1 fully saturated rings. The SMILES string of the molecule is O=C1C2=C(c3ccc(Cl)cc3Cl)NO[C@@H]2C(=O)N1c1ccc(Cl)cc1. The molecule has 1 saturated heterocycles. The molecule has 2 aliphatic rings. The Bertz CT molecular complexity index is 941. The predicted octanol–water partition coefficient (Wildman–Crippen LogP) is 3.83. The second-order valence-corrected chi connectivity index (χ2v) is 6.75. The summed E-state index contributed by atoms with van der Waals surface area (Å²) in [6.07, 6.45) is -1.02. The van der Waals surface area contributed by atoms with Gasteiger partial charge in [0, 0.05) is 15.6 Å². The first-order chi connectivity index (χ1) is 12.0. The standard InChI is InChI=1S/C17H9Cl3N2O3/c18-8-1-4-10(5-2-8)22-16(23)13-14(21-25-15(13)17(22)24)11-6-3-9(19)7-12(11)20/h1-7,15,21H/t15-/m0/s1. The Kier molecular flexibility index (Phi) is 3.96. The molecule has 4 rings (SSSR count). The molecule has 0 aliphatic carbocycles. The minimum Gasteiger partial charge on any atom is -0.270 e. The lowest BCUT2D eigenvalue weighted by Gasteiger charge is -2.16. The van der Waals surface area contributed by atoms with Gasteiger partial charge in [-0.1, -0.05) is 34.8 Å². The molecule has 0 bridgehead atoms. The van der Waals surface area contributed by atoms with Crippen molar-refractivity contribution in [2.75, 3.05) is 4.90 Å². The number of anilines is 1. The summed E-state index contributed by atoms with van der Waals surface area (Å²) in [5.74, 6) is -0.946. The maximum atomic E-state index is 12.9. The molecule has 2 aromatic rings. The van der Waals surface area contributed by atoms with Crippen LogP contribution in [0.2, 0.25) is 15.1 Å². The van der Waals surface area contributed by atoms with Gasteiger partial charge in [0.15, 0.2) is 6.10 Å². The van der Waals surface area contributed by atoms with Gasteiger partial charge in [-0.25, -0.2) is 4.90 Å². The first-order valence-corrected chi connectivity index (χ1v) is 8.36. The summed E-state index contributed by atoms with van der Waals surface area (Å²) in [6, 6.07) is 11.3. The second-order valence-electron chi connectivity index (χ2n) is 5.47. The van der Waals surface area contributed by atoms with Gasteiger partial charge in [-0.2, -0.15) is 0 Å². The molecule has 0 unspecified atom stereocenters. The van der Waals surface area contributed by atoms with Gasteiger partial charge in [-0.05, 0) is 42.5 Å². The summed E-state index contributed by atoms with van der Waals surface area (Å²) >= 11 is 18.0. The molecule has 2 aliphatic heterocycles. The van der Waals surface area contributed by atoms with Crippen molar-refractivity contribution in [2.24, 2.45) is 0 Å². The van der Waals surface area contributed by atoms with Crippen LogP contribution in [0.1, 0.15) is 5.56 Å². The average Bonchev–Trinajstić information content (AvgIpc) is 3.10. The van der Waals surface area contributed by atoms with Gasteiger partial charge in [0.1, 0.15) is 0 Å². The molecule has 1 N–H and O–H groups in total. The van der Waals surface area contributed by atoms with E-state index in [9.17, 15) is 9.59 Å². The lowest BCUT2D eigenvalue weighted by atomic mass is 10.0. The number of hydrogen-bond donors (Lipinski definition) is 1. The van der Waals surface area contributed by atoms with Crippen molar-refractivity contribution in [3.63, 3.8) is 0 Å². The zero-order chi connectivity index (χ0) is 17.7. The van der Waals surface area contributed by atoms with Crippen molar-refractivity contribution in [1.29, 1.82) is 0 Å². The van der Waals surface area contributed by atoms with Gasteiger partial charge in [0.2, 0.25) is 0 Å². The monoisotopic (exact) mass is 394 g/mol. The van der Waals surface area contributed by atoms with Crippen LogP contribution in [0, 0.1) is 0 Å². The second kappa shape index (κ2) is 6.04. The molecule has 0 aromatic heterocycles. The van der Waals surface area contributed by atoms with E-state index in [1.54, 1.807) is 42.5 Å². The number of nitrogens with one attached hydrogen (secondary N) is 1. The Morgan fingerprint density at radius 1 is 0.960 bits per heavy atom. The van der Waals surface area contributed by atoms with Crippen LogP contribution in [0.5, 0.6) is 0 Å². The highest BCUT2D eigenvalue weighted by Crippen LogP contribution is 2.38. The number of amides is 2. The third-order valence-corrected chi connectivity index (χ3v) is 4.77. The number of fused-ring (bicyclic) bond motifs is 1. The zero-order valence-corrected chi connectivity index (χ0v) is 14.7. The zero-order valence-electron chi connectivity index (χ0n) is 12.4. The maximum Gasteiger partial charge on any atom is 0.270 e. The molecule has 0 saturated carbocycles. The molecule has 2 heterocycles. The third-order valence-electron chi connectivity index (χ3n) is 3.97. The van der Waals surface area contributed by atoms with Crippen molar-refractivity contribution in [3.8, 4) is 0 Å². The number of nitrogens with zero attached hydrogens (tertiary/aromatic N) is 1. The van der Waals surface area contributed by atoms with Gasteiger partial charge in [0.05, 0.1) is 22.0 Å². The number of carbonyl (C=O) groups excluding carboxylic acids is 2. The smallest absolute Gasteiger partial charge is 0.270 e. The highest BCUT2D eigenvalue weighted by Gasteiger charge is 2.50. The van der Waals surface area contributed by atoms with E-state index in [0.717, 1.165) is 4.90 Å². The van der Waals surface area contributed by atoms with E-state index in [4.69, 9.17) is 39.6 Å². The van der Waals surface area contributed by atoms with E-state index < -0.39 is 17.9 Å². The van der Waals surface area contributed by atoms with E-state index in [-0.39, 0.29) is 5.57 Å². The van der Waals surface area contributed by atoms with Crippen LogP contribution in [-0.4, -0.2) is 17.9 Å². The predicted molar refractivity (Wildman–Crippen MR) is 95.3 cm³/mol. The van der Waals surface area contributed by atoms with Gasteiger partial charge in [-0.15, -0.1) is 0 Å².